The van der Waals surface area contributed by atoms with Gasteiger partial charge >= 0.3 is 0 Å². The molecule has 2 saturated heterocycles. The Morgan fingerprint density at radius 2 is 2.20 bits per heavy atom. The molecule has 1 amide bonds. The van der Waals surface area contributed by atoms with Crippen molar-refractivity contribution in [1.29, 1.82) is 0 Å². The Morgan fingerprint density at radius 3 is 2.90 bits per heavy atom. The van der Waals surface area contributed by atoms with Crippen LogP contribution in [0.4, 0.5) is 8.78 Å². The first-order chi connectivity index (χ1) is 9.65. The molecule has 2 atom stereocenters. The van der Waals surface area contributed by atoms with Gasteiger partial charge in [0.25, 0.3) is 0 Å². The lowest BCUT2D eigenvalue weighted by atomic mass is 10.1. The summed E-state index contributed by atoms with van der Waals surface area (Å²) >= 11 is 1.88. The van der Waals surface area contributed by atoms with E-state index in [9.17, 15) is 13.6 Å². The molecule has 2 aliphatic heterocycles. The number of nitrogens with one attached hydrogen (secondary N) is 1. The topological polar surface area (TPSA) is 32.3 Å². The summed E-state index contributed by atoms with van der Waals surface area (Å²) in [6.45, 7) is 0.918. The van der Waals surface area contributed by atoms with Crippen LogP contribution < -0.4 is 5.32 Å². The van der Waals surface area contributed by atoms with Gasteiger partial charge in [-0.25, -0.2) is 8.78 Å². The van der Waals surface area contributed by atoms with Crippen molar-refractivity contribution in [1.82, 2.24) is 10.2 Å². The molecule has 3 nitrogen and oxygen atoms in total. The molecule has 0 aromatic heterocycles. The smallest absolute Gasteiger partial charge is 0.238 e. The minimum atomic E-state index is -0.876. The molecule has 0 saturated carbocycles. The van der Waals surface area contributed by atoms with Gasteiger partial charge in [-0.05, 0) is 36.3 Å². The predicted molar refractivity (Wildman–Crippen MR) is 74.3 cm³/mol. The SMILES string of the molecule is O=C1CNC(c2ccc(F)c(F)c2)N1CC1CCCS1. The van der Waals surface area contributed by atoms with E-state index in [-0.39, 0.29) is 18.6 Å². The summed E-state index contributed by atoms with van der Waals surface area (Å²) in [7, 11) is 0. The van der Waals surface area contributed by atoms with Crippen molar-refractivity contribution in [2.24, 2.45) is 0 Å². The second-order valence-electron chi connectivity index (χ2n) is 5.14. The Kier molecular flexibility index (Phi) is 3.94. The van der Waals surface area contributed by atoms with Gasteiger partial charge in [-0.1, -0.05) is 6.07 Å². The van der Waals surface area contributed by atoms with Crippen LogP contribution in [0.2, 0.25) is 0 Å². The Bertz CT molecular complexity index is 520. The first-order valence-corrected chi connectivity index (χ1v) is 7.79. The van der Waals surface area contributed by atoms with Crippen molar-refractivity contribution >= 4 is 17.7 Å². The lowest BCUT2D eigenvalue weighted by molar-refractivity contribution is -0.128. The first kappa shape index (κ1) is 13.8. The van der Waals surface area contributed by atoms with Crippen molar-refractivity contribution in [3.05, 3.63) is 35.4 Å². The third kappa shape index (κ3) is 2.67. The van der Waals surface area contributed by atoms with E-state index in [1.807, 2.05) is 11.8 Å². The van der Waals surface area contributed by atoms with Crippen molar-refractivity contribution in [3.8, 4) is 0 Å². The fourth-order valence-electron chi connectivity index (χ4n) is 2.73. The van der Waals surface area contributed by atoms with Gasteiger partial charge in [-0.15, -0.1) is 0 Å². The largest absolute Gasteiger partial charge is 0.321 e. The number of rotatable bonds is 3. The zero-order valence-corrected chi connectivity index (χ0v) is 11.8. The van der Waals surface area contributed by atoms with Crippen LogP contribution in [-0.4, -0.2) is 34.9 Å². The molecule has 1 aromatic rings. The van der Waals surface area contributed by atoms with Crippen LogP contribution in [0.25, 0.3) is 0 Å². The first-order valence-electron chi connectivity index (χ1n) is 6.74. The highest BCUT2D eigenvalue weighted by Crippen LogP contribution is 2.31. The molecule has 0 radical (unpaired) electrons. The minimum Gasteiger partial charge on any atom is -0.321 e. The highest BCUT2D eigenvalue weighted by atomic mass is 32.2. The molecule has 0 bridgehead atoms. The highest BCUT2D eigenvalue weighted by molar-refractivity contribution is 8.00. The molecule has 2 fully saturated rings. The average molecular weight is 298 g/mol. The lowest BCUT2D eigenvalue weighted by Crippen LogP contribution is -2.35. The molecule has 1 N–H and O–H groups in total. The summed E-state index contributed by atoms with van der Waals surface area (Å²) in [6, 6.07) is 3.81. The number of carbonyl (C=O) groups is 1. The van der Waals surface area contributed by atoms with Crippen molar-refractivity contribution in [3.63, 3.8) is 0 Å². The highest BCUT2D eigenvalue weighted by Gasteiger charge is 2.34. The fraction of sp³-hybridized carbons (Fsp3) is 0.500. The molecule has 3 rings (SSSR count). The van der Waals surface area contributed by atoms with E-state index in [4.69, 9.17) is 0 Å². The van der Waals surface area contributed by atoms with Crippen molar-refractivity contribution in [2.45, 2.75) is 24.3 Å². The third-order valence-electron chi connectivity index (χ3n) is 3.76. The minimum absolute atomic E-state index is 0.0206. The van der Waals surface area contributed by atoms with Crippen LogP contribution in [-0.2, 0) is 4.79 Å². The van der Waals surface area contributed by atoms with Gasteiger partial charge in [-0.3, -0.25) is 10.1 Å². The van der Waals surface area contributed by atoms with E-state index >= 15 is 0 Å². The number of hydrogen-bond donors (Lipinski definition) is 1. The Labute approximate surface area is 120 Å². The Morgan fingerprint density at radius 1 is 1.35 bits per heavy atom. The van der Waals surface area contributed by atoms with Crippen molar-refractivity contribution in [2.75, 3.05) is 18.8 Å². The van der Waals surface area contributed by atoms with Gasteiger partial charge in [0.1, 0.15) is 6.17 Å². The maximum atomic E-state index is 13.4. The molecule has 0 spiro atoms. The number of halogens is 2. The molecule has 2 unspecified atom stereocenters. The molecular weight excluding hydrogens is 282 g/mol. The summed E-state index contributed by atoms with van der Waals surface area (Å²) in [5.41, 5.74) is 0.595. The summed E-state index contributed by atoms with van der Waals surface area (Å²) < 4.78 is 26.4. The van der Waals surface area contributed by atoms with Gasteiger partial charge < -0.3 is 4.90 Å². The zero-order chi connectivity index (χ0) is 14.1. The molecule has 2 heterocycles. The van der Waals surface area contributed by atoms with E-state index in [0.29, 0.717) is 17.4 Å². The van der Waals surface area contributed by atoms with Gasteiger partial charge in [0.2, 0.25) is 5.91 Å². The van der Waals surface area contributed by atoms with E-state index in [0.717, 1.165) is 18.2 Å². The van der Waals surface area contributed by atoms with Crippen LogP contribution in [0.5, 0.6) is 0 Å². The quantitative estimate of drug-likeness (QED) is 0.929. The number of hydrogen-bond acceptors (Lipinski definition) is 3. The number of benzene rings is 1. The zero-order valence-electron chi connectivity index (χ0n) is 10.9. The number of nitrogens with zero attached hydrogens (tertiary/aromatic N) is 1. The maximum absolute atomic E-state index is 13.4. The number of amides is 1. The number of thioether (sulfide) groups is 1. The van der Waals surface area contributed by atoms with E-state index in [1.165, 1.54) is 18.6 Å². The molecule has 0 aliphatic carbocycles. The fourth-order valence-corrected chi connectivity index (χ4v) is 4.00. The van der Waals surface area contributed by atoms with Gasteiger partial charge in [0.15, 0.2) is 11.6 Å². The number of carbonyl (C=O) groups excluding carboxylic acids is 1. The second kappa shape index (κ2) is 5.69. The van der Waals surface area contributed by atoms with E-state index in [2.05, 4.69) is 5.32 Å². The maximum Gasteiger partial charge on any atom is 0.238 e. The van der Waals surface area contributed by atoms with Crippen LogP contribution in [0.1, 0.15) is 24.6 Å². The van der Waals surface area contributed by atoms with Gasteiger partial charge in [0.05, 0.1) is 6.54 Å². The van der Waals surface area contributed by atoms with Crippen LogP contribution in [0, 0.1) is 11.6 Å². The van der Waals surface area contributed by atoms with E-state index < -0.39 is 11.6 Å². The van der Waals surface area contributed by atoms with Crippen LogP contribution >= 0.6 is 11.8 Å². The summed E-state index contributed by atoms with van der Waals surface area (Å²) in [4.78, 5) is 13.7. The monoisotopic (exact) mass is 298 g/mol. The Balaban J connectivity index is 1.79. The van der Waals surface area contributed by atoms with Crippen molar-refractivity contribution < 1.29 is 13.6 Å². The molecule has 108 valence electrons. The summed E-state index contributed by atoms with van der Waals surface area (Å²) in [6.07, 6.45) is 1.94. The van der Waals surface area contributed by atoms with E-state index in [1.54, 1.807) is 4.90 Å². The lowest BCUT2D eigenvalue weighted by Gasteiger charge is -2.27. The van der Waals surface area contributed by atoms with Gasteiger partial charge in [-0.2, -0.15) is 11.8 Å². The predicted octanol–water partition coefficient (Wildman–Crippen LogP) is 2.29. The molecule has 1 aromatic carbocycles. The third-order valence-corrected chi connectivity index (χ3v) is 5.14. The molecule has 2 aliphatic rings. The van der Waals surface area contributed by atoms with Gasteiger partial charge in [0, 0.05) is 11.8 Å². The molecular formula is C14H16F2N2OS. The van der Waals surface area contributed by atoms with Crippen LogP contribution in [0.15, 0.2) is 18.2 Å². The average Bonchev–Trinajstić information content (AvgIpc) is 3.05. The molecule has 20 heavy (non-hydrogen) atoms. The van der Waals surface area contributed by atoms with Crippen LogP contribution in [0.3, 0.4) is 0 Å². The summed E-state index contributed by atoms with van der Waals surface area (Å²) in [5.74, 6) is -0.585. The summed E-state index contributed by atoms with van der Waals surface area (Å²) in [5, 5.41) is 3.52. The normalized spacial score (nSPS) is 26.5. The standard InChI is InChI=1S/C14H16F2N2OS/c15-11-4-3-9(6-12(11)16)14-17-7-13(19)18(14)8-10-2-1-5-20-10/h3-4,6,10,14,17H,1-2,5,7-8H2. The second-order valence-corrected chi connectivity index (χ2v) is 6.55. The molecule has 6 heteroatoms. The Hall–Kier alpha value is -1.14.